The van der Waals surface area contributed by atoms with E-state index in [9.17, 15) is 38.4 Å². The number of hydrogen-bond acceptors (Lipinski definition) is 14. The van der Waals surface area contributed by atoms with Crippen molar-refractivity contribution in [1.29, 1.82) is 0 Å². The smallest absolute Gasteiger partial charge is 0.330 e. The number of Topliss-reactive ketones (excluding diaryl/α,β-unsaturated/α-hetero) is 2. The number of hydrogen-bond donors (Lipinski definition) is 0. The summed E-state index contributed by atoms with van der Waals surface area (Å²) in [7, 11) is 0. The standard InChI is InChI=1S/C62H52O14/c1-5-55(63)71-27-29-73-57(65)23-25-59(67)75-45-21-19-39-15-17-41(31-43(39)33-45)37(3)51-35-53(47-11-7-9-13-49(47)61(51)69)54-36-52(62(70)50-14-10-8-12-48(50)54)38(4)42-18-16-40-20-22-46(34-44(40)32-42)76-60(68)26-24-58(66)74-30-28-72-56(64)6-2/h5-22,31-38H,1-2,23-30H2,3-4H3/b54-53+. The van der Waals surface area contributed by atoms with Crippen molar-refractivity contribution in [3.05, 3.63) is 203 Å². The minimum absolute atomic E-state index is 0.131. The van der Waals surface area contributed by atoms with Gasteiger partial charge in [0.05, 0.1) is 25.7 Å². The van der Waals surface area contributed by atoms with Gasteiger partial charge < -0.3 is 28.4 Å². The third kappa shape index (κ3) is 12.5. The summed E-state index contributed by atoms with van der Waals surface area (Å²) in [5.74, 6) is -4.38. The molecule has 0 heterocycles. The van der Waals surface area contributed by atoms with Crippen LogP contribution in [0, 0.1) is 0 Å². The molecule has 0 aromatic heterocycles. The summed E-state index contributed by atoms with van der Waals surface area (Å²) in [5, 5.41) is 3.26. The van der Waals surface area contributed by atoms with Crippen molar-refractivity contribution >= 4 is 80.1 Å². The highest BCUT2D eigenvalue weighted by molar-refractivity contribution is 6.24. The summed E-state index contributed by atoms with van der Waals surface area (Å²) in [4.78, 5) is 101. The molecule has 384 valence electrons. The number of carbonyl (C=O) groups excluding carboxylic acids is 8. The van der Waals surface area contributed by atoms with E-state index in [-0.39, 0.29) is 75.2 Å². The summed E-state index contributed by atoms with van der Waals surface area (Å²) >= 11 is 0. The number of ether oxygens (including phenoxy) is 6. The lowest BCUT2D eigenvalue weighted by atomic mass is 9.74. The van der Waals surface area contributed by atoms with Crippen LogP contribution < -0.4 is 9.47 Å². The van der Waals surface area contributed by atoms with E-state index in [0.717, 1.165) is 67.1 Å². The molecule has 2 aliphatic carbocycles. The first-order valence-electron chi connectivity index (χ1n) is 24.5. The molecule has 0 saturated carbocycles. The zero-order valence-electron chi connectivity index (χ0n) is 41.8. The molecule has 14 heteroatoms. The van der Waals surface area contributed by atoms with Gasteiger partial charge in [-0.25, -0.2) is 9.59 Å². The average Bonchev–Trinajstić information content (AvgIpc) is 3.46. The normalized spacial score (nSPS) is 14.4. The zero-order chi connectivity index (χ0) is 53.9. The second-order valence-electron chi connectivity index (χ2n) is 17.9. The van der Waals surface area contributed by atoms with Crippen molar-refractivity contribution in [3.63, 3.8) is 0 Å². The van der Waals surface area contributed by atoms with Crippen LogP contribution in [0.25, 0.3) is 32.7 Å². The van der Waals surface area contributed by atoms with Crippen LogP contribution in [-0.4, -0.2) is 73.8 Å². The van der Waals surface area contributed by atoms with Crippen molar-refractivity contribution in [2.24, 2.45) is 0 Å². The number of benzene rings is 6. The molecule has 2 unspecified atom stereocenters. The molecule has 0 N–H and O–H groups in total. The molecule has 0 radical (unpaired) electrons. The van der Waals surface area contributed by atoms with Gasteiger partial charge in [0.1, 0.15) is 37.9 Å². The van der Waals surface area contributed by atoms with Crippen molar-refractivity contribution in [2.45, 2.75) is 51.4 Å². The molecule has 0 saturated heterocycles. The second-order valence-corrected chi connectivity index (χ2v) is 17.9. The molecule has 14 nitrogen and oxygen atoms in total. The Kier molecular flexibility index (Phi) is 16.8. The van der Waals surface area contributed by atoms with E-state index in [1.54, 1.807) is 24.3 Å². The highest BCUT2D eigenvalue weighted by Gasteiger charge is 2.33. The second kappa shape index (κ2) is 24.2. The Morgan fingerprint density at radius 2 is 0.789 bits per heavy atom. The van der Waals surface area contributed by atoms with Crippen LogP contribution in [0.2, 0.25) is 0 Å². The molecule has 0 aliphatic heterocycles. The van der Waals surface area contributed by atoms with Crippen LogP contribution in [0.5, 0.6) is 11.5 Å². The number of esters is 6. The summed E-state index contributed by atoms with van der Waals surface area (Å²) < 4.78 is 30.8. The van der Waals surface area contributed by atoms with E-state index >= 15 is 0 Å². The van der Waals surface area contributed by atoms with Crippen LogP contribution in [-0.2, 0) is 47.7 Å². The summed E-state index contributed by atoms with van der Waals surface area (Å²) in [6.07, 6.45) is 4.94. The summed E-state index contributed by atoms with van der Waals surface area (Å²) in [5.41, 5.74) is 6.83. The molecule has 0 bridgehead atoms. The SMILES string of the molecule is C=CC(=O)OCCOC(=O)CCC(=O)Oc1ccc2ccc(C(C)C3=C/C(=C4/C=C(C(C)c5ccc6ccc(OC(=O)CCC(=O)OCCOC(=O)C=C)cc6c5)C(=O)c5ccccc54)c4ccccc4C3=O)cc2c1. The third-order valence-electron chi connectivity index (χ3n) is 13.0. The van der Waals surface area contributed by atoms with Gasteiger partial charge in [-0.05, 0) is 91.4 Å². The Hall–Kier alpha value is -9.30. The zero-order valence-corrected chi connectivity index (χ0v) is 41.8. The molecular weight excluding hydrogens is 969 g/mol. The van der Waals surface area contributed by atoms with E-state index in [4.69, 9.17) is 28.4 Å². The largest absolute Gasteiger partial charge is 0.462 e. The topological polar surface area (TPSA) is 192 Å². The van der Waals surface area contributed by atoms with Crippen molar-refractivity contribution in [1.82, 2.24) is 0 Å². The number of allylic oxidation sites excluding steroid dienone is 6. The Labute approximate surface area is 437 Å². The van der Waals surface area contributed by atoms with Gasteiger partial charge in [-0.1, -0.05) is 124 Å². The number of fused-ring (bicyclic) bond motifs is 4. The van der Waals surface area contributed by atoms with Gasteiger partial charge in [-0.2, -0.15) is 0 Å². The first-order chi connectivity index (χ1) is 36.7. The van der Waals surface area contributed by atoms with E-state index in [0.29, 0.717) is 22.3 Å². The van der Waals surface area contributed by atoms with Crippen molar-refractivity contribution in [3.8, 4) is 11.5 Å². The number of rotatable bonds is 20. The number of carbonyl (C=O) groups is 8. The van der Waals surface area contributed by atoms with E-state index < -0.39 is 47.7 Å². The van der Waals surface area contributed by atoms with Gasteiger partial charge in [0.2, 0.25) is 0 Å². The van der Waals surface area contributed by atoms with Crippen LogP contribution in [0.1, 0.15) is 94.3 Å². The van der Waals surface area contributed by atoms with Crippen molar-refractivity contribution < 1.29 is 66.8 Å². The van der Waals surface area contributed by atoms with Crippen LogP contribution in [0.3, 0.4) is 0 Å². The molecule has 6 aromatic rings. The molecule has 0 fully saturated rings. The van der Waals surface area contributed by atoms with Gasteiger partial charge in [-0.15, -0.1) is 0 Å². The Morgan fingerprint density at radius 1 is 0.434 bits per heavy atom. The summed E-state index contributed by atoms with van der Waals surface area (Å²) in [6.45, 7) is 9.94. The van der Waals surface area contributed by atoms with Gasteiger partial charge in [0.15, 0.2) is 11.6 Å². The van der Waals surface area contributed by atoms with E-state index in [1.165, 1.54) is 0 Å². The monoisotopic (exact) mass is 1020 g/mol. The van der Waals surface area contributed by atoms with Gasteiger partial charge in [0.25, 0.3) is 0 Å². The first kappa shape index (κ1) is 53.0. The van der Waals surface area contributed by atoms with Crippen LogP contribution in [0.4, 0.5) is 0 Å². The predicted molar refractivity (Wildman–Crippen MR) is 283 cm³/mol. The lowest BCUT2D eigenvalue weighted by Gasteiger charge is -2.28. The maximum absolute atomic E-state index is 14.6. The maximum Gasteiger partial charge on any atom is 0.330 e. The first-order valence-corrected chi connectivity index (χ1v) is 24.5. The minimum atomic E-state index is -0.646. The van der Waals surface area contributed by atoms with Crippen molar-refractivity contribution in [2.75, 3.05) is 26.4 Å². The molecule has 2 aliphatic rings. The molecule has 76 heavy (non-hydrogen) atoms. The van der Waals surface area contributed by atoms with Crippen LogP contribution in [0.15, 0.2) is 170 Å². The Balaban J connectivity index is 1.03. The fourth-order valence-electron chi connectivity index (χ4n) is 8.97. The van der Waals surface area contributed by atoms with Gasteiger partial charge in [-0.3, -0.25) is 28.8 Å². The van der Waals surface area contributed by atoms with Gasteiger partial charge in [0, 0.05) is 46.3 Å². The fourth-order valence-corrected chi connectivity index (χ4v) is 8.97. The molecule has 2 atom stereocenters. The third-order valence-corrected chi connectivity index (χ3v) is 13.0. The Bertz CT molecular complexity index is 3240. The molecule has 0 spiro atoms. The van der Waals surface area contributed by atoms with Crippen LogP contribution >= 0.6 is 0 Å². The quantitative estimate of drug-likeness (QED) is 0.0231. The Morgan fingerprint density at radius 3 is 1.18 bits per heavy atom. The highest BCUT2D eigenvalue weighted by atomic mass is 16.6. The minimum Gasteiger partial charge on any atom is -0.462 e. The highest BCUT2D eigenvalue weighted by Crippen LogP contribution is 2.45. The fraction of sp³-hybridized carbons (Fsp3) is 0.194. The number of ketones is 2. The van der Waals surface area contributed by atoms with E-state index in [2.05, 4.69) is 13.2 Å². The van der Waals surface area contributed by atoms with Gasteiger partial charge >= 0.3 is 35.8 Å². The molecule has 0 amide bonds. The maximum atomic E-state index is 14.6. The lowest BCUT2D eigenvalue weighted by Crippen LogP contribution is -2.19. The molecule has 6 aromatic carbocycles. The van der Waals surface area contributed by atoms with E-state index in [1.807, 2.05) is 123 Å². The lowest BCUT2D eigenvalue weighted by molar-refractivity contribution is -0.151. The predicted octanol–water partition coefficient (Wildman–Crippen LogP) is 10.7. The summed E-state index contributed by atoms with van der Waals surface area (Å²) in [6, 6.07) is 37.0. The molecular formula is C62H52O14. The average molecular weight is 1020 g/mol. The molecule has 8 rings (SSSR count).